The topological polar surface area (TPSA) is 122 Å². The number of rotatable bonds is 4. The number of carbonyl (C=O) groups is 2. The number of aromatic nitrogens is 4. The molecule has 1 aromatic rings. The minimum atomic E-state index is -0.856. The molecule has 1 fully saturated rings. The predicted octanol–water partition coefficient (Wildman–Crippen LogP) is 0.367. The van der Waals surface area contributed by atoms with Gasteiger partial charge in [0.25, 0.3) is 5.95 Å². The number of carboxylic acid groups (broad SMARTS) is 1. The van der Waals surface area contributed by atoms with Crippen molar-refractivity contribution in [2.45, 2.75) is 32.1 Å². The van der Waals surface area contributed by atoms with Crippen LogP contribution in [0, 0.1) is 5.41 Å². The van der Waals surface area contributed by atoms with Crippen LogP contribution in [0.4, 0.5) is 10.7 Å². The van der Waals surface area contributed by atoms with Crippen LogP contribution in [0.5, 0.6) is 0 Å². The normalized spacial score (nSPS) is 17.4. The van der Waals surface area contributed by atoms with Crippen molar-refractivity contribution >= 4 is 17.9 Å². The van der Waals surface area contributed by atoms with Crippen LogP contribution in [0.15, 0.2) is 0 Å². The third kappa shape index (κ3) is 3.22. The van der Waals surface area contributed by atoms with Crippen LogP contribution < -0.4 is 10.6 Å². The summed E-state index contributed by atoms with van der Waals surface area (Å²) in [4.78, 5) is 24.4. The fourth-order valence-electron chi connectivity index (χ4n) is 2.42. The number of carboxylic acids is 1. The Kier molecular flexibility index (Phi) is 4.16. The molecule has 110 valence electrons. The van der Waals surface area contributed by atoms with Gasteiger partial charge in [0.15, 0.2) is 0 Å². The molecule has 20 heavy (non-hydrogen) atoms. The number of nitrogens with zero attached hydrogens (tertiary/aromatic N) is 4. The van der Waals surface area contributed by atoms with Crippen molar-refractivity contribution in [1.82, 2.24) is 25.5 Å². The van der Waals surface area contributed by atoms with E-state index >= 15 is 0 Å². The van der Waals surface area contributed by atoms with Crippen molar-refractivity contribution in [2.24, 2.45) is 12.5 Å². The van der Waals surface area contributed by atoms with E-state index < -0.39 is 17.4 Å². The highest BCUT2D eigenvalue weighted by molar-refractivity contribution is 5.87. The number of carbonyl (C=O) groups excluding carboxylic acids is 1. The molecule has 0 radical (unpaired) electrons. The molecule has 1 saturated carbocycles. The average molecular weight is 282 g/mol. The van der Waals surface area contributed by atoms with Gasteiger partial charge in [-0.3, -0.25) is 10.1 Å². The minimum absolute atomic E-state index is 0.0815. The maximum absolute atomic E-state index is 11.7. The zero-order valence-corrected chi connectivity index (χ0v) is 11.3. The van der Waals surface area contributed by atoms with Crippen LogP contribution in [0.25, 0.3) is 0 Å². The summed E-state index contributed by atoms with van der Waals surface area (Å²) < 4.78 is 0. The van der Waals surface area contributed by atoms with Gasteiger partial charge in [0, 0.05) is 6.54 Å². The lowest BCUT2D eigenvalue weighted by Crippen LogP contribution is -2.45. The first-order valence-electron chi connectivity index (χ1n) is 6.54. The fourth-order valence-corrected chi connectivity index (χ4v) is 2.42. The monoisotopic (exact) mass is 282 g/mol. The lowest BCUT2D eigenvalue weighted by atomic mass is 9.74. The third-order valence-electron chi connectivity index (χ3n) is 3.59. The molecule has 2 rings (SSSR count). The van der Waals surface area contributed by atoms with Crippen molar-refractivity contribution in [1.29, 1.82) is 0 Å². The number of aliphatic carboxylic acids is 1. The van der Waals surface area contributed by atoms with E-state index in [1.165, 1.54) is 4.80 Å². The first-order valence-corrected chi connectivity index (χ1v) is 6.54. The molecule has 0 aromatic carbocycles. The zero-order chi connectivity index (χ0) is 14.6. The molecule has 1 heterocycles. The molecule has 0 atom stereocenters. The molecule has 2 amide bonds. The molecule has 0 spiro atoms. The van der Waals surface area contributed by atoms with Crippen LogP contribution in [0.1, 0.15) is 32.1 Å². The van der Waals surface area contributed by atoms with E-state index in [0.717, 1.165) is 19.3 Å². The van der Waals surface area contributed by atoms with E-state index in [4.69, 9.17) is 0 Å². The fraction of sp³-hybridized carbons (Fsp3) is 0.727. The van der Waals surface area contributed by atoms with Gasteiger partial charge in [0.05, 0.1) is 12.5 Å². The van der Waals surface area contributed by atoms with E-state index in [-0.39, 0.29) is 12.5 Å². The van der Waals surface area contributed by atoms with Crippen LogP contribution in [-0.2, 0) is 11.8 Å². The van der Waals surface area contributed by atoms with Crippen molar-refractivity contribution in [2.75, 3.05) is 11.9 Å². The number of anilines is 1. The molecule has 0 bridgehead atoms. The number of nitrogens with one attached hydrogen (secondary N) is 2. The second-order valence-corrected chi connectivity index (χ2v) is 5.06. The van der Waals surface area contributed by atoms with Gasteiger partial charge in [-0.25, -0.2) is 4.79 Å². The first-order chi connectivity index (χ1) is 9.52. The second kappa shape index (κ2) is 5.85. The Morgan fingerprint density at radius 3 is 2.60 bits per heavy atom. The Hall–Kier alpha value is -2.19. The van der Waals surface area contributed by atoms with Crippen LogP contribution in [0.2, 0.25) is 0 Å². The van der Waals surface area contributed by atoms with Gasteiger partial charge in [0.2, 0.25) is 0 Å². The Bertz CT molecular complexity index is 494. The van der Waals surface area contributed by atoms with E-state index in [1.54, 1.807) is 7.05 Å². The smallest absolute Gasteiger partial charge is 0.321 e. The summed E-state index contributed by atoms with van der Waals surface area (Å²) >= 11 is 0. The summed E-state index contributed by atoms with van der Waals surface area (Å²) in [5.41, 5.74) is -0.856. The molecular weight excluding hydrogens is 264 g/mol. The van der Waals surface area contributed by atoms with Crippen molar-refractivity contribution in [3.63, 3.8) is 0 Å². The highest BCUT2D eigenvalue weighted by atomic mass is 16.4. The lowest BCUT2D eigenvalue weighted by molar-refractivity contribution is -0.150. The number of hydrogen-bond donors (Lipinski definition) is 3. The van der Waals surface area contributed by atoms with Crippen molar-refractivity contribution < 1.29 is 14.7 Å². The molecule has 3 N–H and O–H groups in total. The Balaban J connectivity index is 1.89. The first kappa shape index (κ1) is 14.2. The summed E-state index contributed by atoms with van der Waals surface area (Å²) in [5.74, 6) is -0.770. The SMILES string of the molecule is Cn1nnc(NC(=O)NCC2(C(=O)O)CCCCC2)n1. The third-order valence-corrected chi connectivity index (χ3v) is 3.59. The van der Waals surface area contributed by atoms with Gasteiger partial charge in [-0.05, 0) is 18.1 Å². The number of aryl methyl sites for hydroxylation is 1. The largest absolute Gasteiger partial charge is 0.481 e. The van der Waals surface area contributed by atoms with E-state index in [1.807, 2.05) is 0 Å². The summed E-state index contributed by atoms with van der Waals surface area (Å²) in [7, 11) is 1.58. The molecular formula is C11H18N6O3. The summed E-state index contributed by atoms with van der Waals surface area (Å²) in [6.07, 6.45) is 3.98. The number of hydrogen-bond acceptors (Lipinski definition) is 5. The summed E-state index contributed by atoms with van der Waals surface area (Å²) in [5, 5.41) is 25.4. The molecule has 1 aliphatic carbocycles. The summed E-state index contributed by atoms with van der Waals surface area (Å²) in [6.45, 7) is 0.106. The second-order valence-electron chi connectivity index (χ2n) is 5.06. The van der Waals surface area contributed by atoms with Gasteiger partial charge >= 0.3 is 12.0 Å². The van der Waals surface area contributed by atoms with E-state index in [2.05, 4.69) is 26.0 Å². The molecule has 0 saturated heterocycles. The molecule has 1 aliphatic rings. The van der Waals surface area contributed by atoms with Gasteiger partial charge < -0.3 is 10.4 Å². The molecule has 9 nitrogen and oxygen atoms in total. The highest BCUT2D eigenvalue weighted by Crippen LogP contribution is 2.35. The lowest BCUT2D eigenvalue weighted by Gasteiger charge is -2.33. The number of tetrazole rings is 1. The Morgan fingerprint density at radius 1 is 1.35 bits per heavy atom. The van der Waals surface area contributed by atoms with Gasteiger partial charge in [-0.15, -0.1) is 5.10 Å². The maximum Gasteiger partial charge on any atom is 0.321 e. The standard InChI is InChI=1S/C11H18N6O3/c1-17-15-9(14-16-17)13-10(20)12-7-11(8(18)19)5-3-2-4-6-11/h2-7H2,1H3,(H,18,19)(H2,12,13,15,20). The predicted molar refractivity (Wildman–Crippen MR) is 69.0 cm³/mol. The molecule has 9 heteroatoms. The van der Waals surface area contributed by atoms with E-state index in [0.29, 0.717) is 12.8 Å². The molecule has 1 aromatic heterocycles. The molecule has 0 aliphatic heterocycles. The van der Waals surface area contributed by atoms with Crippen LogP contribution in [-0.4, -0.2) is 43.9 Å². The molecule has 0 unspecified atom stereocenters. The quantitative estimate of drug-likeness (QED) is 0.733. The number of urea groups is 1. The zero-order valence-electron chi connectivity index (χ0n) is 11.3. The minimum Gasteiger partial charge on any atom is -0.481 e. The van der Waals surface area contributed by atoms with Crippen LogP contribution >= 0.6 is 0 Å². The van der Waals surface area contributed by atoms with Gasteiger partial charge in [-0.1, -0.05) is 24.4 Å². The van der Waals surface area contributed by atoms with Crippen LogP contribution in [0.3, 0.4) is 0 Å². The van der Waals surface area contributed by atoms with Crippen molar-refractivity contribution in [3.8, 4) is 0 Å². The average Bonchev–Trinajstić information content (AvgIpc) is 2.83. The Labute approximate surface area is 115 Å². The van der Waals surface area contributed by atoms with Crippen molar-refractivity contribution in [3.05, 3.63) is 0 Å². The highest BCUT2D eigenvalue weighted by Gasteiger charge is 2.39. The van der Waals surface area contributed by atoms with E-state index in [9.17, 15) is 14.7 Å². The van der Waals surface area contributed by atoms with Gasteiger partial charge in [0.1, 0.15) is 0 Å². The summed E-state index contributed by atoms with van der Waals surface area (Å²) in [6, 6.07) is -0.524. The number of amides is 2. The maximum atomic E-state index is 11.7. The Morgan fingerprint density at radius 2 is 2.05 bits per heavy atom. The van der Waals surface area contributed by atoms with Gasteiger partial charge in [-0.2, -0.15) is 4.80 Å².